The second kappa shape index (κ2) is 5.58. The van der Waals surface area contributed by atoms with Crippen molar-refractivity contribution in [3.63, 3.8) is 0 Å². The zero-order valence-electron chi connectivity index (χ0n) is 12.6. The third kappa shape index (κ3) is 2.39. The van der Waals surface area contributed by atoms with Crippen LogP contribution in [0.25, 0.3) is 28.3 Å². The fourth-order valence-corrected chi connectivity index (χ4v) is 2.26. The summed E-state index contributed by atoms with van der Waals surface area (Å²) >= 11 is 0. The number of benzene rings is 1. The van der Waals surface area contributed by atoms with Crippen molar-refractivity contribution in [1.29, 1.82) is 0 Å². The summed E-state index contributed by atoms with van der Waals surface area (Å²) in [4.78, 5) is 20.5. The maximum atomic E-state index is 12.2. The zero-order valence-corrected chi connectivity index (χ0v) is 12.6. The minimum Gasteiger partial charge on any atom is -0.497 e. The van der Waals surface area contributed by atoms with Gasteiger partial charge in [-0.15, -0.1) is 10.2 Å². The van der Waals surface area contributed by atoms with Gasteiger partial charge in [0.2, 0.25) is 0 Å². The Morgan fingerprint density at radius 2 is 2.08 bits per heavy atom. The summed E-state index contributed by atoms with van der Waals surface area (Å²) in [5, 5.41) is 8.50. The van der Waals surface area contributed by atoms with Crippen LogP contribution in [0.2, 0.25) is 0 Å². The molecular formula is C16H11N5O3. The Hall–Kier alpha value is -3.55. The molecule has 0 fully saturated rings. The predicted octanol–water partition coefficient (Wildman–Crippen LogP) is 1.84. The summed E-state index contributed by atoms with van der Waals surface area (Å²) in [7, 11) is 1.53. The number of nitrogens with zero attached hydrogens (tertiary/aromatic N) is 5. The average Bonchev–Trinajstić information content (AvgIpc) is 3.16. The van der Waals surface area contributed by atoms with E-state index in [1.54, 1.807) is 53.6 Å². The number of hydrogen-bond donors (Lipinski definition) is 0. The first-order chi connectivity index (χ1) is 11.7. The molecule has 0 unspecified atom stereocenters. The van der Waals surface area contributed by atoms with Gasteiger partial charge in [0.05, 0.1) is 18.0 Å². The van der Waals surface area contributed by atoms with Crippen LogP contribution in [0, 0.1) is 0 Å². The minimum absolute atomic E-state index is 0.113. The van der Waals surface area contributed by atoms with Crippen LogP contribution in [0.15, 0.2) is 58.3 Å². The second-order valence-corrected chi connectivity index (χ2v) is 4.94. The number of ether oxygens (including phenoxy) is 1. The SMILES string of the molecule is COc1ccc2nc(-c3ccc(-n4ccnc4)nn3)oc(=O)c2c1. The van der Waals surface area contributed by atoms with Gasteiger partial charge >= 0.3 is 5.63 Å². The van der Waals surface area contributed by atoms with Gasteiger partial charge in [-0.05, 0) is 30.3 Å². The van der Waals surface area contributed by atoms with Gasteiger partial charge in [0.15, 0.2) is 5.82 Å². The largest absolute Gasteiger partial charge is 0.497 e. The first-order valence-corrected chi connectivity index (χ1v) is 7.06. The van der Waals surface area contributed by atoms with E-state index >= 15 is 0 Å². The summed E-state index contributed by atoms with van der Waals surface area (Å²) in [6.07, 6.45) is 5.02. The van der Waals surface area contributed by atoms with Crippen LogP contribution in [0.1, 0.15) is 0 Å². The molecular weight excluding hydrogens is 310 g/mol. The highest BCUT2D eigenvalue weighted by Gasteiger charge is 2.11. The van der Waals surface area contributed by atoms with E-state index in [2.05, 4.69) is 20.2 Å². The Balaban J connectivity index is 1.77. The molecule has 0 amide bonds. The molecule has 24 heavy (non-hydrogen) atoms. The molecule has 0 saturated carbocycles. The molecule has 0 aliphatic heterocycles. The Bertz CT molecular complexity index is 1060. The number of hydrogen-bond acceptors (Lipinski definition) is 7. The Morgan fingerprint density at radius 1 is 1.17 bits per heavy atom. The summed E-state index contributed by atoms with van der Waals surface area (Å²) in [5.41, 5.74) is 0.366. The molecule has 0 atom stereocenters. The summed E-state index contributed by atoms with van der Waals surface area (Å²) < 4.78 is 12.1. The van der Waals surface area contributed by atoms with Crippen molar-refractivity contribution >= 4 is 10.9 Å². The Labute approximate surface area is 135 Å². The molecule has 118 valence electrons. The topological polar surface area (TPSA) is 95.9 Å². The van der Waals surface area contributed by atoms with E-state index in [-0.39, 0.29) is 5.89 Å². The molecule has 8 nitrogen and oxygen atoms in total. The fourth-order valence-electron chi connectivity index (χ4n) is 2.26. The number of fused-ring (bicyclic) bond motifs is 1. The molecule has 8 heteroatoms. The highest BCUT2D eigenvalue weighted by atomic mass is 16.5. The van der Waals surface area contributed by atoms with Gasteiger partial charge < -0.3 is 9.15 Å². The summed E-state index contributed by atoms with van der Waals surface area (Å²) in [5.74, 6) is 1.28. The van der Waals surface area contributed by atoms with Crippen molar-refractivity contribution in [2.24, 2.45) is 0 Å². The first kappa shape index (κ1) is 14.1. The van der Waals surface area contributed by atoms with Crippen LogP contribution >= 0.6 is 0 Å². The maximum Gasteiger partial charge on any atom is 0.347 e. The lowest BCUT2D eigenvalue weighted by Gasteiger charge is -2.04. The van der Waals surface area contributed by atoms with Crippen molar-refractivity contribution in [2.45, 2.75) is 0 Å². The standard InChI is InChI=1S/C16H11N5O3/c1-23-10-2-3-12-11(8-10)16(22)24-15(18-12)13-4-5-14(20-19-13)21-7-6-17-9-21/h2-9H,1H3. The van der Waals surface area contributed by atoms with E-state index in [0.29, 0.717) is 28.2 Å². The van der Waals surface area contributed by atoms with Crippen LogP contribution in [0.4, 0.5) is 0 Å². The van der Waals surface area contributed by atoms with Gasteiger partial charge in [-0.3, -0.25) is 4.57 Å². The van der Waals surface area contributed by atoms with E-state index in [9.17, 15) is 4.79 Å². The van der Waals surface area contributed by atoms with E-state index in [1.165, 1.54) is 7.11 Å². The molecule has 0 aliphatic rings. The molecule has 3 heterocycles. The third-order valence-corrected chi connectivity index (χ3v) is 3.47. The molecule has 0 radical (unpaired) electrons. The number of rotatable bonds is 3. The van der Waals surface area contributed by atoms with Crippen molar-refractivity contribution in [3.05, 3.63) is 59.5 Å². The zero-order chi connectivity index (χ0) is 16.5. The van der Waals surface area contributed by atoms with Crippen molar-refractivity contribution in [3.8, 4) is 23.2 Å². The number of imidazole rings is 1. The highest BCUT2D eigenvalue weighted by molar-refractivity contribution is 5.79. The lowest BCUT2D eigenvalue weighted by atomic mass is 10.2. The van der Waals surface area contributed by atoms with Crippen LogP contribution in [0.5, 0.6) is 5.75 Å². The first-order valence-electron chi connectivity index (χ1n) is 7.06. The fraction of sp³-hybridized carbons (Fsp3) is 0.0625. The van der Waals surface area contributed by atoms with E-state index in [0.717, 1.165) is 0 Å². The van der Waals surface area contributed by atoms with Gasteiger partial charge in [0.1, 0.15) is 17.8 Å². The van der Waals surface area contributed by atoms with E-state index in [4.69, 9.17) is 9.15 Å². The van der Waals surface area contributed by atoms with Gasteiger partial charge in [0, 0.05) is 12.4 Å². The molecule has 4 aromatic rings. The molecule has 0 aliphatic carbocycles. The molecule has 3 aromatic heterocycles. The minimum atomic E-state index is -0.505. The molecule has 4 rings (SSSR count). The van der Waals surface area contributed by atoms with Crippen LogP contribution < -0.4 is 10.4 Å². The van der Waals surface area contributed by atoms with Gasteiger partial charge in [0.25, 0.3) is 5.89 Å². The van der Waals surface area contributed by atoms with Crippen LogP contribution in [-0.4, -0.2) is 31.8 Å². The Morgan fingerprint density at radius 3 is 2.79 bits per heavy atom. The predicted molar refractivity (Wildman–Crippen MR) is 85.0 cm³/mol. The van der Waals surface area contributed by atoms with Crippen LogP contribution in [0.3, 0.4) is 0 Å². The Kier molecular flexibility index (Phi) is 3.27. The van der Waals surface area contributed by atoms with Gasteiger partial charge in [-0.2, -0.15) is 0 Å². The second-order valence-electron chi connectivity index (χ2n) is 4.94. The lowest BCUT2D eigenvalue weighted by Crippen LogP contribution is -2.05. The molecule has 0 spiro atoms. The molecule has 1 aromatic carbocycles. The smallest absolute Gasteiger partial charge is 0.347 e. The average molecular weight is 321 g/mol. The van der Waals surface area contributed by atoms with E-state index < -0.39 is 5.63 Å². The number of aromatic nitrogens is 5. The summed E-state index contributed by atoms with van der Waals surface area (Å²) in [6.45, 7) is 0. The third-order valence-electron chi connectivity index (χ3n) is 3.47. The molecule has 0 saturated heterocycles. The van der Waals surface area contributed by atoms with E-state index in [1.807, 2.05) is 0 Å². The van der Waals surface area contributed by atoms with Crippen molar-refractivity contribution in [1.82, 2.24) is 24.7 Å². The highest BCUT2D eigenvalue weighted by Crippen LogP contribution is 2.20. The molecule has 0 N–H and O–H groups in total. The van der Waals surface area contributed by atoms with Gasteiger partial charge in [-0.25, -0.2) is 14.8 Å². The lowest BCUT2D eigenvalue weighted by molar-refractivity contribution is 0.415. The summed E-state index contributed by atoms with van der Waals surface area (Å²) in [6, 6.07) is 8.44. The number of methoxy groups -OCH3 is 1. The monoisotopic (exact) mass is 321 g/mol. The van der Waals surface area contributed by atoms with Crippen molar-refractivity contribution < 1.29 is 9.15 Å². The molecule has 0 bridgehead atoms. The van der Waals surface area contributed by atoms with Gasteiger partial charge in [-0.1, -0.05) is 0 Å². The quantitative estimate of drug-likeness (QED) is 0.568. The maximum absolute atomic E-state index is 12.2. The van der Waals surface area contributed by atoms with Crippen LogP contribution in [-0.2, 0) is 0 Å². The van der Waals surface area contributed by atoms with Crippen molar-refractivity contribution in [2.75, 3.05) is 7.11 Å². The normalized spacial score (nSPS) is 10.9.